The molecular weight excluding hydrogens is 281 g/mol. The Labute approximate surface area is 122 Å². The summed E-state index contributed by atoms with van der Waals surface area (Å²) in [5.41, 5.74) is 3.36. The van der Waals surface area contributed by atoms with Gasteiger partial charge in [-0.15, -0.1) is 0 Å². The molecule has 0 fully saturated rings. The fourth-order valence-corrected chi connectivity index (χ4v) is 3.03. The third kappa shape index (κ3) is 2.21. The van der Waals surface area contributed by atoms with Gasteiger partial charge in [-0.25, -0.2) is 4.68 Å². The smallest absolute Gasteiger partial charge is 0.133 e. The largest absolute Gasteiger partial charge is 0.369 e. The van der Waals surface area contributed by atoms with Crippen molar-refractivity contribution >= 4 is 29.0 Å². The Balaban J connectivity index is 2.18. The second-order valence-corrected chi connectivity index (χ2v) is 5.96. The molecule has 0 atom stereocenters. The number of aromatic nitrogens is 2. The zero-order valence-corrected chi connectivity index (χ0v) is 12.4. The summed E-state index contributed by atoms with van der Waals surface area (Å²) in [5, 5.41) is 9.36. The van der Waals surface area contributed by atoms with Crippen LogP contribution in [0.25, 0.3) is 5.69 Å². The maximum Gasteiger partial charge on any atom is 0.133 e. The lowest BCUT2D eigenvalue weighted by molar-refractivity contribution is 0.756. The summed E-state index contributed by atoms with van der Waals surface area (Å²) in [6, 6.07) is 5.49. The van der Waals surface area contributed by atoms with E-state index in [0.717, 1.165) is 30.2 Å². The SMILES string of the molecule is CC(C)c1nn(-c2cc(Cl)cc(Cl)c2)c2c1CCN2. The first-order valence-corrected chi connectivity index (χ1v) is 7.14. The molecule has 0 spiro atoms. The first kappa shape index (κ1) is 12.8. The fourth-order valence-electron chi connectivity index (χ4n) is 2.51. The Hall–Kier alpha value is -1.19. The van der Waals surface area contributed by atoms with Gasteiger partial charge in [-0.1, -0.05) is 37.0 Å². The maximum absolute atomic E-state index is 6.07. The molecular formula is C14H15Cl2N3. The molecule has 0 radical (unpaired) electrons. The van der Waals surface area contributed by atoms with Crippen molar-refractivity contribution in [3.63, 3.8) is 0 Å². The molecule has 2 heterocycles. The van der Waals surface area contributed by atoms with Crippen LogP contribution in [0.1, 0.15) is 31.0 Å². The maximum atomic E-state index is 6.07. The lowest BCUT2D eigenvalue weighted by Crippen LogP contribution is -2.05. The number of benzene rings is 1. The molecule has 0 saturated heterocycles. The number of hydrogen-bond donors (Lipinski definition) is 1. The van der Waals surface area contributed by atoms with Crippen molar-refractivity contribution in [1.29, 1.82) is 0 Å². The van der Waals surface area contributed by atoms with E-state index in [4.69, 9.17) is 28.3 Å². The number of fused-ring (bicyclic) bond motifs is 1. The van der Waals surface area contributed by atoms with E-state index in [2.05, 4.69) is 19.2 Å². The average Bonchev–Trinajstić information content (AvgIpc) is 2.86. The van der Waals surface area contributed by atoms with Crippen molar-refractivity contribution < 1.29 is 0 Å². The van der Waals surface area contributed by atoms with Crippen LogP contribution >= 0.6 is 23.2 Å². The van der Waals surface area contributed by atoms with Gasteiger partial charge in [0.2, 0.25) is 0 Å². The van der Waals surface area contributed by atoms with Gasteiger partial charge in [-0.2, -0.15) is 5.10 Å². The summed E-state index contributed by atoms with van der Waals surface area (Å²) >= 11 is 12.1. The zero-order chi connectivity index (χ0) is 13.6. The fraction of sp³-hybridized carbons (Fsp3) is 0.357. The Morgan fingerprint density at radius 1 is 1.21 bits per heavy atom. The highest BCUT2D eigenvalue weighted by molar-refractivity contribution is 6.34. The van der Waals surface area contributed by atoms with Crippen LogP contribution in [0.4, 0.5) is 5.82 Å². The Morgan fingerprint density at radius 2 is 1.89 bits per heavy atom. The van der Waals surface area contributed by atoms with Gasteiger partial charge in [-0.3, -0.25) is 0 Å². The second kappa shape index (κ2) is 4.73. The number of nitrogens with one attached hydrogen (secondary N) is 1. The highest BCUT2D eigenvalue weighted by atomic mass is 35.5. The molecule has 3 nitrogen and oxygen atoms in total. The van der Waals surface area contributed by atoms with E-state index in [-0.39, 0.29) is 0 Å². The molecule has 0 aliphatic carbocycles. The van der Waals surface area contributed by atoms with Crippen LogP contribution in [0, 0.1) is 0 Å². The van der Waals surface area contributed by atoms with Gasteiger partial charge in [-0.05, 0) is 30.5 Å². The third-order valence-electron chi connectivity index (χ3n) is 3.32. The van der Waals surface area contributed by atoms with Crippen molar-refractivity contribution in [1.82, 2.24) is 9.78 Å². The van der Waals surface area contributed by atoms with Crippen LogP contribution in [0.15, 0.2) is 18.2 Å². The number of hydrogen-bond acceptors (Lipinski definition) is 2. The monoisotopic (exact) mass is 295 g/mol. The molecule has 0 amide bonds. The molecule has 0 saturated carbocycles. The normalized spacial score (nSPS) is 13.7. The van der Waals surface area contributed by atoms with Gasteiger partial charge in [0, 0.05) is 22.2 Å². The van der Waals surface area contributed by atoms with E-state index in [9.17, 15) is 0 Å². The Kier molecular flexibility index (Phi) is 3.19. The second-order valence-electron chi connectivity index (χ2n) is 5.08. The Bertz CT molecular complexity index is 612. The molecule has 0 bridgehead atoms. The highest BCUT2D eigenvalue weighted by Crippen LogP contribution is 2.33. The topological polar surface area (TPSA) is 29.9 Å². The average molecular weight is 296 g/mol. The quantitative estimate of drug-likeness (QED) is 0.897. The van der Waals surface area contributed by atoms with E-state index in [1.807, 2.05) is 16.8 Å². The minimum atomic E-state index is 0.407. The summed E-state index contributed by atoms with van der Waals surface area (Å²) in [4.78, 5) is 0. The number of anilines is 1. The van der Waals surface area contributed by atoms with Gasteiger partial charge in [0.25, 0.3) is 0 Å². The van der Waals surface area contributed by atoms with Crippen LogP contribution in [0.5, 0.6) is 0 Å². The molecule has 1 N–H and O–H groups in total. The summed E-state index contributed by atoms with van der Waals surface area (Å²) in [7, 11) is 0. The van der Waals surface area contributed by atoms with Crippen molar-refractivity contribution in [3.8, 4) is 5.69 Å². The lowest BCUT2D eigenvalue weighted by Gasteiger charge is -2.08. The van der Waals surface area contributed by atoms with Crippen LogP contribution in [0.3, 0.4) is 0 Å². The highest BCUT2D eigenvalue weighted by Gasteiger charge is 2.24. The van der Waals surface area contributed by atoms with Crippen LogP contribution < -0.4 is 5.32 Å². The molecule has 5 heteroatoms. The molecule has 0 unspecified atom stereocenters. The zero-order valence-electron chi connectivity index (χ0n) is 10.9. The summed E-state index contributed by atoms with van der Waals surface area (Å²) in [6.07, 6.45) is 1.02. The van der Waals surface area contributed by atoms with Crippen LogP contribution in [-0.4, -0.2) is 16.3 Å². The number of rotatable bonds is 2. The van der Waals surface area contributed by atoms with E-state index in [0.29, 0.717) is 16.0 Å². The van der Waals surface area contributed by atoms with E-state index in [1.54, 1.807) is 6.07 Å². The van der Waals surface area contributed by atoms with Crippen molar-refractivity contribution in [2.75, 3.05) is 11.9 Å². The van der Waals surface area contributed by atoms with Crippen molar-refractivity contribution in [2.24, 2.45) is 0 Å². The van der Waals surface area contributed by atoms with E-state index < -0.39 is 0 Å². The minimum absolute atomic E-state index is 0.407. The molecule has 100 valence electrons. The van der Waals surface area contributed by atoms with Crippen molar-refractivity contribution in [2.45, 2.75) is 26.2 Å². The lowest BCUT2D eigenvalue weighted by atomic mass is 10.1. The van der Waals surface area contributed by atoms with Gasteiger partial charge in [0.15, 0.2) is 0 Å². The summed E-state index contributed by atoms with van der Waals surface area (Å²) in [5.74, 6) is 1.48. The van der Waals surface area contributed by atoms with Gasteiger partial charge >= 0.3 is 0 Å². The number of halogens is 2. The van der Waals surface area contributed by atoms with E-state index >= 15 is 0 Å². The van der Waals surface area contributed by atoms with Gasteiger partial charge in [0.05, 0.1) is 11.4 Å². The third-order valence-corrected chi connectivity index (χ3v) is 3.76. The van der Waals surface area contributed by atoms with Crippen LogP contribution in [-0.2, 0) is 6.42 Å². The van der Waals surface area contributed by atoms with Crippen LogP contribution in [0.2, 0.25) is 10.0 Å². The molecule has 2 aromatic rings. The van der Waals surface area contributed by atoms with Crippen molar-refractivity contribution in [3.05, 3.63) is 39.5 Å². The molecule has 1 aliphatic rings. The van der Waals surface area contributed by atoms with Gasteiger partial charge < -0.3 is 5.32 Å². The molecule has 1 aliphatic heterocycles. The Morgan fingerprint density at radius 3 is 2.53 bits per heavy atom. The molecule has 3 rings (SSSR count). The first-order valence-electron chi connectivity index (χ1n) is 6.38. The molecule has 1 aromatic carbocycles. The first-order chi connectivity index (χ1) is 9.06. The van der Waals surface area contributed by atoms with E-state index in [1.165, 1.54) is 5.56 Å². The molecule has 19 heavy (non-hydrogen) atoms. The summed E-state index contributed by atoms with van der Waals surface area (Å²) in [6.45, 7) is 5.29. The van der Waals surface area contributed by atoms with Gasteiger partial charge in [0.1, 0.15) is 5.82 Å². The summed E-state index contributed by atoms with van der Waals surface area (Å²) < 4.78 is 1.91. The minimum Gasteiger partial charge on any atom is -0.369 e. The molecule has 1 aromatic heterocycles. The number of nitrogens with zero attached hydrogens (tertiary/aromatic N) is 2. The predicted molar refractivity (Wildman–Crippen MR) is 79.9 cm³/mol. The predicted octanol–water partition coefficient (Wildman–Crippen LogP) is 4.27. The standard InChI is InChI=1S/C14H15Cl2N3/c1-8(2)13-12-3-4-17-14(12)19(18-13)11-6-9(15)5-10(16)7-11/h5-8,17H,3-4H2,1-2H3.